The molecule has 0 saturated carbocycles. The molecule has 178 valence electrons. The van der Waals surface area contributed by atoms with E-state index in [1.165, 1.54) is 37.4 Å². The standard InChI is InChI=1S/C34H27N2P/c1-24-18-33-31(20-26(24)22-35-28-12-6-3-7-13-28)32-21-27(23-36-29-14-8-4-9-15-29)25(2)19-34(32)37(33)30-16-10-5-11-17-30/h3-23H,1-2H3. The first-order valence-corrected chi connectivity index (χ1v) is 13.8. The van der Waals surface area contributed by atoms with Crippen LogP contribution in [0, 0.1) is 13.8 Å². The molecule has 0 radical (unpaired) electrons. The van der Waals surface area contributed by atoms with Crippen LogP contribution in [0.5, 0.6) is 0 Å². The Morgan fingerprint density at radius 2 is 0.919 bits per heavy atom. The van der Waals surface area contributed by atoms with Crippen LogP contribution >= 0.6 is 7.53 Å². The molecular formula is C34H27N2P. The Morgan fingerprint density at radius 1 is 0.514 bits per heavy atom. The Labute approximate surface area is 218 Å². The third-order valence-corrected chi connectivity index (χ3v) is 9.29. The predicted octanol–water partition coefficient (Wildman–Crippen LogP) is 10.1. The van der Waals surface area contributed by atoms with Crippen molar-refractivity contribution in [3.05, 3.63) is 138 Å². The molecule has 1 aromatic heterocycles. The number of hydrogen-bond donors (Lipinski definition) is 0. The molecule has 0 aliphatic carbocycles. The fourth-order valence-corrected chi connectivity index (χ4v) is 7.58. The summed E-state index contributed by atoms with van der Waals surface area (Å²) in [6.07, 6.45) is 4.00. The van der Waals surface area contributed by atoms with E-state index in [0.29, 0.717) is 0 Å². The van der Waals surface area contributed by atoms with Gasteiger partial charge in [-0.3, -0.25) is 9.98 Å². The molecular weight excluding hydrogens is 467 g/mol. The van der Waals surface area contributed by atoms with E-state index in [4.69, 9.17) is 9.98 Å². The number of hydrogen-bond acceptors (Lipinski definition) is 2. The Balaban J connectivity index is 1.57. The average molecular weight is 495 g/mol. The molecule has 6 rings (SSSR count). The van der Waals surface area contributed by atoms with E-state index in [1.54, 1.807) is 0 Å². The number of nitrogens with zero attached hydrogens (tertiary/aromatic N) is 2. The highest BCUT2D eigenvalue weighted by Crippen LogP contribution is 2.55. The molecule has 0 spiro atoms. The Bertz CT molecular complexity index is 1650. The molecule has 0 amide bonds. The number of aliphatic imine (C=N–C) groups is 2. The van der Waals surface area contributed by atoms with Crippen LogP contribution in [0.25, 0.3) is 26.3 Å². The maximum absolute atomic E-state index is 4.75. The summed E-state index contributed by atoms with van der Waals surface area (Å²) in [5.41, 5.74) is 6.72. The first-order chi connectivity index (χ1) is 18.2. The van der Waals surface area contributed by atoms with Gasteiger partial charge in [0, 0.05) is 22.7 Å². The first-order valence-electron chi connectivity index (χ1n) is 12.5. The van der Waals surface area contributed by atoms with Crippen molar-refractivity contribution in [1.29, 1.82) is 0 Å². The Morgan fingerprint density at radius 3 is 1.35 bits per heavy atom. The van der Waals surface area contributed by atoms with E-state index in [1.807, 2.05) is 73.1 Å². The zero-order valence-corrected chi connectivity index (χ0v) is 21.9. The summed E-state index contributed by atoms with van der Waals surface area (Å²) in [6, 6.07) is 40.6. The SMILES string of the molecule is Cc1cc2c(cc1C=Nc1ccccc1)c1cc(C=Nc3ccccc3)c(C)cc1p2-c1ccccc1. The highest BCUT2D eigenvalue weighted by Gasteiger charge is 2.16. The molecule has 6 aromatic rings. The first kappa shape index (κ1) is 23.2. The second-order valence-corrected chi connectivity index (χ2v) is 11.5. The van der Waals surface area contributed by atoms with Gasteiger partial charge in [0.25, 0.3) is 0 Å². The van der Waals surface area contributed by atoms with E-state index < -0.39 is 7.53 Å². The number of para-hydroxylation sites is 2. The second kappa shape index (κ2) is 10.0. The van der Waals surface area contributed by atoms with E-state index >= 15 is 0 Å². The van der Waals surface area contributed by atoms with Gasteiger partial charge in [-0.2, -0.15) is 0 Å². The normalized spacial score (nSPS) is 12.3. The predicted molar refractivity (Wildman–Crippen MR) is 162 cm³/mol. The van der Waals surface area contributed by atoms with Gasteiger partial charge in [-0.15, -0.1) is 0 Å². The average Bonchev–Trinajstić information content (AvgIpc) is 3.23. The van der Waals surface area contributed by atoms with Crippen molar-refractivity contribution in [2.24, 2.45) is 9.98 Å². The highest BCUT2D eigenvalue weighted by molar-refractivity contribution is 7.67. The molecule has 0 N–H and O–H groups in total. The van der Waals surface area contributed by atoms with Crippen LogP contribution < -0.4 is 0 Å². The minimum Gasteiger partial charge on any atom is -0.256 e. The Kier molecular flexibility index (Phi) is 6.26. The van der Waals surface area contributed by atoms with Crippen LogP contribution in [0.2, 0.25) is 0 Å². The maximum atomic E-state index is 4.75. The smallest absolute Gasteiger partial charge is 0.0629 e. The van der Waals surface area contributed by atoms with Crippen LogP contribution in [0.15, 0.2) is 125 Å². The minimum absolute atomic E-state index is 0.624. The fourth-order valence-electron chi connectivity index (χ4n) is 4.80. The third kappa shape index (κ3) is 4.65. The number of rotatable bonds is 5. The van der Waals surface area contributed by atoms with E-state index in [0.717, 1.165) is 22.5 Å². The fraction of sp³-hybridized carbons (Fsp3) is 0.0588. The number of aryl methyl sites for hydroxylation is 2. The molecule has 5 aromatic carbocycles. The van der Waals surface area contributed by atoms with Crippen LogP contribution in [0.3, 0.4) is 0 Å². The lowest BCUT2D eigenvalue weighted by molar-refractivity contribution is 1.46. The van der Waals surface area contributed by atoms with Crippen LogP contribution in [-0.2, 0) is 0 Å². The van der Waals surface area contributed by atoms with Crippen molar-refractivity contribution in [1.82, 2.24) is 0 Å². The van der Waals surface area contributed by atoms with Gasteiger partial charge in [0.15, 0.2) is 0 Å². The highest BCUT2D eigenvalue weighted by atomic mass is 31.1. The van der Waals surface area contributed by atoms with Gasteiger partial charge < -0.3 is 0 Å². The summed E-state index contributed by atoms with van der Waals surface area (Å²) in [5.74, 6) is 0. The molecule has 0 aliphatic rings. The van der Waals surface area contributed by atoms with Crippen LogP contribution in [0.1, 0.15) is 22.3 Å². The summed E-state index contributed by atoms with van der Waals surface area (Å²) in [7, 11) is -0.624. The zero-order valence-electron chi connectivity index (χ0n) is 21.0. The van der Waals surface area contributed by atoms with Crippen molar-refractivity contribution in [3.63, 3.8) is 0 Å². The minimum atomic E-state index is -0.624. The molecule has 2 nitrogen and oxygen atoms in total. The molecule has 3 heteroatoms. The molecule has 0 saturated heterocycles. The van der Waals surface area contributed by atoms with E-state index in [-0.39, 0.29) is 0 Å². The summed E-state index contributed by atoms with van der Waals surface area (Å²) in [5, 5.41) is 6.83. The number of fused-ring (bicyclic) bond motifs is 3. The van der Waals surface area contributed by atoms with Crippen LogP contribution in [0.4, 0.5) is 11.4 Å². The molecule has 0 aliphatic heterocycles. The van der Waals surface area contributed by atoms with Crippen molar-refractivity contribution in [2.75, 3.05) is 0 Å². The lowest BCUT2D eigenvalue weighted by Gasteiger charge is -2.06. The van der Waals surface area contributed by atoms with E-state index in [2.05, 4.69) is 68.4 Å². The van der Waals surface area contributed by atoms with Crippen LogP contribution in [-0.4, -0.2) is 12.4 Å². The summed E-state index contributed by atoms with van der Waals surface area (Å²) >= 11 is 0. The maximum Gasteiger partial charge on any atom is 0.0629 e. The molecule has 37 heavy (non-hydrogen) atoms. The van der Waals surface area contributed by atoms with Gasteiger partial charge in [-0.05, 0) is 101 Å². The van der Waals surface area contributed by atoms with Crippen molar-refractivity contribution >= 4 is 52.3 Å². The van der Waals surface area contributed by atoms with Gasteiger partial charge in [-0.1, -0.05) is 74.3 Å². The quantitative estimate of drug-likeness (QED) is 0.213. The second-order valence-electron chi connectivity index (χ2n) is 9.31. The third-order valence-electron chi connectivity index (χ3n) is 6.77. The van der Waals surface area contributed by atoms with E-state index in [9.17, 15) is 0 Å². The topological polar surface area (TPSA) is 24.7 Å². The molecule has 0 atom stereocenters. The zero-order chi connectivity index (χ0) is 25.2. The van der Waals surface area contributed by atoms with Gasteiger partial charge in [-0.25, -0.2) is 0 Å². The van der Waals surface area contributed by atoms with Crippen molar-refractivity contribution in [3.8, 4) is 5.30 Å². The lowest BCUT2D eigenvalue weighted by Crippen LogP contribution is -1.88. The molecule has 0 unspecified atom stereocenters. The Hall–Kier alpha value is -4.26. The van der Waals surface area contributed by atoms with Crippen molar-refractivity contribution < 1.29 is 0 Å². The monoisotopic (exact) mass is 494 g/mol. The lowest BCUT2D eigenvalue weighted by atomic mass is 10.0. The van der Waals surface area contributed by atoms with Gasteiger partial charge in [0.1, 0.15) is 0 Å². The summed E-state index contributed by atoms with van der Waals surface area (Å²) < 4.78 is 0. The summed E-state index contributed by atoms with van der Waals surface area (Å²) in [6.45, 7) is 4.38. The largest absolute Gasteiger partial charge is 0.256 e. The number of benzene rings is 5. The van der Waals surface area contributed by atoms with Crippen molar-refractivity contribution in [2.45, 2.75) is 13.8 Å². The summed E-state index contributed by atoms with van der Waals surface area (Å²) in [4.78, 5) is 9.50. The van der Waals surface area contributed by atoms with Gasteiger partial charge in [0.05, 0.1) is 11.4 Å². The molecule has 1 heterocycles. The van der Waals surface area contributed by atoms with Gasteiger partial charge >= 0.3 is 0 Å². The molecule has 0 bridgehead atoms. The molecule has 0 fully saturated rings. The van der Waals surface area contributed by atoms with Gasteiger partial charge in [0.2, 0.25) is 0 Å².